The van der Waals surface area contributed by atoms with Crippen molar-refractivity contribution in [2.45, 2.75) is 19.4 Å². The van der Waals surface area contributed by atoms with Crippen LogP contribution in [0.3, 0.4) is 0 Å². The van der Waals surface area contributed by atoms with Crippen molar-refractivity contribution in [2.24, 2.45) is 0 Å². The van der Waals surface area contributed by atoms with Gasteiger partial charge in [0.15, 0.2) is 11.2 Å². The first-order valence-corrected chi connectivity index (χ1v) is 9.03. The minimum absolute atomic E-state index is 0.231. The topological polar surface area (TPSA) is 64.4 Å². The van der Waals surface area contributed by atoms with Crippen LogP contribution < -0.4 is 10.1 Å². The molecule has 0 aliphatic carbocycles. The molecule has 28 heavy (non-hydrogen) atoms. The summed E-state index contributed by atoms with van der Waals surface area (Å²) in [5.74, 6) is 0.965. The number of anilines is 1. The van der Waals surface area contributed by atoms with Crippen LogP contribution in [0, 0.1) is 0 Å². The molecule has 1 aromatic heterocycles. The van der Waals surface area contributed by atoms with Crippen molar-refractivity contribution >= 4 is 22.7 Å². The smallest absolute Gasteiger partial charge is 0.267 e. The van der Waals surface area contributed by atoms with Crippen molar-refractivity contribution < 1.29 is 13.9 Å². The summed E-state index contributed by atoms with van der Waals surface area (Å²) in [7, 11) is 0. The maximum atomic E-state index is 12.6. The average molecular weight is 372 g/mol. The predicted octanol–water partition coefficient (Wildman–Crippen LogP) is 5.29. The molecule has 0 fully saturated rings. The third-order valence-electron chi connectivity index (χ3n) is 4.35. The molecular weight excluding hydrogens is 352 g/mol. The largest absolute Gasteiger partial charge is 0.478 e. The molecule has 0 bridgehead atoms. The molecule has 1 amide bonds. The molecule has 0 aliphatic rings. The predicted molar refractivity (Wildman–Crippen MR) is 109 cm³/mol. The third-order valence-corrected chi connectivity index (χ3v) is 4.35. The Balaban J connectivity index is 1.47. The second-order valence-corrected chi connectivity index (χ2v) is 6.94. The number of rotatable bonds is 5. The van der Waals surface area contributed by atoms with Gasteiger partial charge in [0.05, 0.1) is 0 Å². The summed E-state index contributed by atoms with van der Waals surface area (Å²) >= 11 is 0. The van der Waals surface area contributed by atoms with E-state index in [2.05, 4.69) is 10.3 Å². The second-order valence-electron chi connectivity index (χ2n) is 6.94. The van der Waals surface area contributed by atoms with Gasteiger partial charge in [0.1, 0.15) is 11.3 Å². The highest BCUT2D eigenvalue weighted by Gasteiger charge is 2.30. The zero-order valence-electron chi connectivity index (χ0n) is 15.7. The highest BCUT2D eigenvalue weighted by Crippen LogP contribution is 2.26. The van der Waals surface area contributed by atoms with Crippen LogP contribution in [-0.2, 0) is 4.79 Å². The van der Waals surface area contributed by atoms with Gasteiger partial charge in [-0.2, -0.15) is 0 Å². The molecule has 0 unspecified atom stereocenters. The number of aromatic nitrogens is 1. The third kappa shape index (κ3) is 3.74. The molecule has 0 spiro atoms. The Morgan fingerprint density at radius 3 is 2.32 bits per heavy atom. The lowest BCUT2D eigenvalue weighted by molar-refractivity contribution is -0.128. The standard InChI is InChI=1S/C23H20N2O3/c1-23(2,28-18-8-4-3-5-9-18)22(26)24-17-14-12-16(13-15-17)21-25-19-10-6-7-11-20(19)27-21/h3-15H,1-2H3,(H,24,26). The molecule has 0 radical (unpaired) electrons. The molecule has 1 N–H and O–H groups in total. The Bertz CT molecular complexity index is 1070. The lowest BCUT2D eigenvalue weighted by Gasteiger charge is -2.25. The Kier molecular flexibility index (Phi) is 4.57. The Morgan fingerprint density at radius 1 is 0.929 bits per heavy atom. The minimum atomic E-state index is -1.01. The fraction of sp³-hybridized carbons (Fsp3) is 0.130. The second kappa shape index (κ2) is 7.19. The van der Waals surface area contributed by atoms with Crippen molar-refractivity contribution in [3.8, 4) is 17.2 Å². The van der Waals surface area contributed by atoms with E-state index < -0.39 is 5.60 Å². The number of nitrogens with zero attached hydrogens (tertiary/aromatic N) is 1. The number of hydrogen-bond donors (Lipinski definition) is 1. The molecule has 4 rings (SSSR count). The van der Waals surface area contributed by atoms with Crippen LogP contribution in [0.25, 0.3) is 22.6 Å². The van der Waals surface area contributed by atoms with Gasteiger partial charge in [-0.1, -0.05) is 30.3 Å². The Labute approximate surface area is 163 Å². The quantitative estimate of drug-likeness (QED) is 0.517. The first kappa shape index (κ1) is 17.8. The molecule has 0 saturated heterocycles. The summed E-state index contributed by atoms with van der Waals surface area (Å²) in [6.07, 6.45) is 0. The molecule has 0 atom stereocenters. The van der Waals surface area contributed by atoms with E-state index in [1.54, 1.807) is 13.8 Å². The number of nitrogens with one attached hydrogen (secondary N) is 1. The molecule has 140 valence electrons. The summed E-state index contributed by atoms with van der Waals surface area (Å²) in [5.41, 5.74) is 2.06. The van der Waals surface area contributed by atoms with Crippen LogP contribution in [-0.4, -0.2) is 16.5 Å². The first-order valence-electron chi connectivity index (χ1n) is 9.03. The number of ether oxygens (including phenoxy) is 1. The molecule has 0 aliphatic heterocycles. The zero-order valence-corrected chi connectivity index (χ0v) is 15.7. The lowest BCUT2D eigenvalue weighted by atomic mass is 10.1. The highest BCUT2D eigenvalue weighted by molar-refractivity contribution is 5.97. The van der Waals surface area contributed by atoms with E-state index in [0.717, 1.165) is 16.7 Å². The van der Waals surface area contributed by atoms with Gasteiger partial charge in [-0.05, 0) is 62.4 Å². The molecule has 0 saturated carbocycles. The minimum Gasteiger partial charge on any atom is -0.478 e. The SMILES string of the molecule is CC(C)(Oc1ccccc1)C(=O)Nc1ccc(-c2nc3ccccc3o2)cc1. The van der Waals surface area contributed by atoms with Crippen LogP contribution in [0.5, 0.6) is 5.75 Å². The van der Waals surface area contributed by atoms with Gasteiger partial charge >= 0.3 is 0 Å². The Hall–Kier alpha value is -3.60. The van der Waals surface area contributed by atoms with Crippen molar-refractivity contribution in [3.05, 3.63) is 78.9 Å². The van der Waals surface area contributed by atoms with Crippen LogP contribution in [0.1, 0.15) is 13.8 Å². The van der Waals surface area contributed by atoms with Gasteiger partial charge < -0.3 is 14.5 Å². The normalized spacial score (nSPS) is 11.4. The summed E-state index contributed by atoms with van der Waals surface area (Å²) in [6.45, 7) is 3.48. The van der Waals surface area contributed by atoms with Gasteiger partial charge in [0.25, 0.3) is 5.91 Å². The number of amides is 1. The van der Waals surface area contributed by atoms with E-state index in [0.29, 0.717) is 17.3 Å². The molecular formula is C23H20N2O3. The van der Waals surface area contributed by atoms with Gasteiger partial charge in [-0.15, -0.1) is 0 Å². The van der Waals surface area contributed by atoms with E-state index >= 15 is 0 Å². The van der Waals surface area contributed by atoms with Crippen molar-refractivity contribution in [1.29, 1.82) is 0 Å². The maximum absolute atomic E-state index is 12.6. The summed E-state index contributed by atoms with van der Waals surface area (Å²) in [6, 6.07) is 24.3. The summed E-state index contributed by atoms with van der Waals surface area (Å²) in [5, 5.41) is 2.89. The number of oxazole rings is 1. The van der Waals surface area contributed by atoms with Gasteiger partial charge in [-0.25, -0.2) is 4.98 Å². The number of benzene rings is 3. The first-order chi connectivity index (χ1) is 13.5. The number of carbonyl (C=O) groups is 1. The average Bonchev–Trinajstić information content (AvgIpc) is 3.13. The molecule has 1 heterocycles. The molecule has 5 heteroatoms. The van der Waals surface area contributed by atoms with E-state index in [1.807, 2.05) is 78.9 Å². The van der Waals surface area contributed by atoms with Gasteiger partial charge in [0.2, 0.25) is 5.89 Å². The lowest BCUT2D eigenvalue weighted by Crippen LogP contribution is -2.42. The number of para-hydroxylation sites is 3. The molecule has 4 aromatic rings. The summed E-state index contributed by atoms with van der Waals surface area (Å²) in [4.78, 5) is 17.1. The highest BCUT2D eigenvalue weighted by atomic mass is 16.5. The van der Waals surface area contributed by atoms with E-state index in [-0.39, 0.29) is 5.91 Å². The van der Waals surface area contributed by atoms with Crippen LogP contribution in [0.15, 0.2) is 83.3 Å². The Morgan fingerprint density at radius 2 is 1.61 bits per heavy atom. The van der Waals surface area contributed by atoms with Crippen LogP contribution in [0.2, 0.25) is 0 Å². The molecule has 5 nitrogen and oxygen atoms in total. The maximum Gasteiger partial charge on any atom is 0.267 e. The van der Waals surface area contributed by atoms with Crippen LogP contribution >= 0.6 is 0 Å². The summed E-state index contributed by atoms with van der Waals surface area (Å²) < 4.78 is 11.6. The van der Waals surface area contributed by atoms with Crippen molar-refractivity contribution in [3.63, 3.8) is 0 Å². The van der Waals surface area contributed by atoms with Crippen LogP contribution in [0.4, 0.5) is 5.69 Å². The number of hydrogen-bond acceptors (Lipinski definition) is 4. The fourth-order valence-electron chi connectivity index (χ4n) is 2.80. The monoisotopic (exact) mass is 372 g/mol. The zero-order chi connectivity index (χ0) is 19.6. The van der Waals surface area contributed by atoms with E-state index in [9.17, 15) is 4.79 Å². The van der Waals surface area contributed by atoms with E-state index in [1.165, 1.54) is 0 Å². The fourth-order valence-corrected chi connectivity index (χ4v) is 2.80. The van der Waals surface area contributed by atoms with Crippen molar-refractivity contribution in [1.82, 2.24) is 4.98 Å². The number of carbonyl (C=O) groups excluding carboxylic acids is 1. The van der Waals surface area contributed by atoms with Gasteiger partial charge in [-0.3, -0.25) is 4.79 Å². The van der Waals surface area contributed by atoms with E-state index in [4.69, 9.17) is 9.15 Å². The van der Waals surface area contributed by atoms with Crippen molar-refractivity contribution in [2.75, 3.05) is 5.32 Å². The number of fused-ring (bicyclic) bond motifs is 1. The van der Waals surface area contributed by atoms with Gasteiger partial charge in [0, 0.05) is 11.3 Å². The molecule has 3 aromatic carbocycles.